The third-order valence-corrected chi connectivity index (χ3v) is 7.28. The van der Waals surface area contributed by atoms with E-state index in [1.165, 1.54) is 25.9 Å². The van der Waals surface area contributed by atoms with Gasteiger partial charge in [0, 0.05) is 57.7 Å². The second-order valence-corrected chi connectivity index (χ2v) is 9.27. The lowest BCUT2D eigenvalue weighted by atomic mass is 9.95. The molecule has 3 fully saturated rings. The number of amides is 1. The maximum absolute atomic E-state index is 13.3. The van der Waals surface area contributed by atoms with Crippen LogP contribution in [-0.4, -0.2) is 101 Å². The molecule has 0 aromatic carbocycles. The van der Waals surface area contributed by atoms with Crippen LogP contribution in [0, 0.1) is 5.92 Å². The smallest absolute Gasteiger partial charge is 0.227 e. The summed E-state index contributed by atoms with van der Waals surface area (Å²) < 4.78 is 0. The van der Waals surface area contributed by atoms with Crippen molar-refractivity contribution < 1.29 is 4.79 Å². The standard InChI is InChI=1S/C23H33N7O/c1-27-9-4-19(5-10-27)28-11-13-29(14-12-28)23(31)18-3-2-8-30(17-18)20-15-21-22(26-16-20)25-7-6-24-21/h6-7,15-16,18-19H,2-5,8-14,17H2,1H3. The molecule has 5 rings (SSSR count). The highest BCUT2D eigenvalue weighted by Gasteiger charge is 2.33. The van der Waals surface area contributed by atoms with Crippen LogP contribution < -0.4 is 4.90 Å². The van der Waals surface area contributed by atoms with E-state index < -0.39 is 0 Å². The molecule has 8 nitrogen and oxygen atoms in total. The number of aromatic nitrogens is 3. The number of pyridine rings is 1. The summed E-state index contributed by atoms with van der Waals surface area (Å²) in [5.74, 6) is 0.405. The van der Waals surface area contributed by atoms with Crippen LogP contribution in [0.15, 0.2) is 24.7 Å². The summed E-state index contributed by atoms with van der Waals surface area (Å²) in [6.45, 7) is 7.88. The fourth-order valence-electron chi connectivity index (χ4n) is 5.36. The summed E-state index contributed by atoms with van der Waals surface area (Å²) in [6.07, 6.45) is 9.75. The van der Waals surface area contributed by atoms with Gasteiger partial charge in [-0.1, -0.05) is 0 Å². The number of likely N-dealkylation sites (tertiary alicyclic amines) is 1. The zero-order valence-electron chi connectivity index (χ0n) is 18.5. The number of carbonyl (C=O) groups is 1. The van der Waals surface area contributed by atoms with Gasteiger partial charge in [0.05, 0.1) is 17.8 Å². The number of piperidine rings is 2. The monoisotopic (exact) mass is 423 g/mol. The summed E-state index contributed by atoms with van der Waals surface area (Å²) in [6, 6.07) is 2.74. The van der Waals surface area contributed by atoms with E-state index >= 15 is 0 Å². The molecule has 166 valence electrons. The molecule has 5 heterocycles. The van der Waals surface area contributed by atoms with Crippen molar-refractivity contribution >= 4 is 22.8 Å². The lowest BCUT2D eigenvalue weighted by Gasteiger charge is -2.43. The molecule has 0 aliphatic carbocycles. The van der Waals surface area contributed by atoms with Crippen LogP contribution in [0.3, 0.4) is 0 Å². The Morgan fingerprint density at radius 1 is 0.935 bits per heavy atom. The first kappa shape index (κ1) is 20.6. The molecule has 1 atom stereocenters. The van der Waals surface area contributed by atoms with E-state index in [0.29, 0.717) is 17.6 Å². The van der Waals surface area contributed by atoms with Gasteiger partial charge in [0.15, 0.2) is 5.65 Å². The van der Waals surface area contributed by atoms with Gasteiger partial charge in [-0.05, 0) is 51.9 Å². The molecule has 1 amide bonds. The van der Waals surface area contributed by atoms with E-state index in [1.54, 1.807) is 12.4 Å². The van der Waals surface area contributed by atoms with Crippen molar-refractivity contribution in [3.8, 4) is 0 Å². The molecule has 0 saturated carbocycles. The minimum atomic E-state index is 0.0705. The highest BCUT2D eigenvalue weighted by Crippen LogP contribution is 2.26. The van der Waals surface area contributed by atoms with E-state index in [9.17, 15) is 4.79 Å². The lowest BCUT2D eigenvalue weighted by Crippen LogP contribution is -2.56. The Balaban J connectivity index is 1.18. The normalized spacial score (nSPS) is 24.6. The Hall–Kier alpha value is -2.32. The summed E-state index contributed by atoms with van der Waals surface area (Å²) in [4.78, 5) is 35.8. The number of piperazine rings is 1. The van der Waals surface area contributed by atoms with Gasteiger partial charge in [0.1, 0.15) is 5.52 Å². The Kier molecular flexibility index (Phi) is 6.00. The number of hydrogen-bond donors (Lipinski definition) is 0. The number of fused-ring (bicyclic) bond motifs is 1. The Bertz CT molecular complexity index is 906. The average molecular weight is 424 g/mol. The van der Waals surface area contributed by atoms with E-state index in [2.05, 4.69) is 41.6 Å². The molecule has 3 saturated heterocycles. The third kappa shape index (κ3) is 4.50. The summed E-state index contributed by atoms with van der Waals surface area (Å²) in [5, 5.41) is 0. The summed E-state index contributed by atoms with van der Waals surface area (Å²) in [7, 11) is 2.21. The zero-order valence-corrected chi connectivity index (χ0v) is 18.5. The Morgan fingerprint density at radius 2 is 1.71 bits per heavy atom. The summed E-state index contributed by atoms with van der Waals surface area (Å²) >= 11 is 0. The number of anilines is 1. The average Bonchev–Trinajstić information content (AvgIpc) is 2.84. The Morgan fingerprint density at radius 3 is 2.52 bits per heavy atom. The molecule has 1 unspecified atom stereocenters. The second-order valence-electron chi connectivity index (χ2n) is 9.27. The maximum Gasteiger partial charge on any atom is 0.227 e. The highest BCUT2D eigenvalue weighted by atomic mass is 16.2. The van der Waals surface area contributed by atoms with Crippen LogP contribution in [0.1, 0.15) is 25.7 Å². The highest BCUT2D eigenvalue weighted by molar-refractivity contribution is 5.80. The van der Waals surface area contributed by atoms with Crippen molar-refractivity contribution in [2.45, 2.75) is 31.7 Å². The van der Waals surface area contributed by atoms with Crippen molar-refractivity contribution in [3.05, 3.63) is 24.7 Å². The van der Waals surface area contributed by atoms with Gasteiger partial charge >= 0.3 is 0 Å². The van der Waals surface area contributed by atoms with Crippen molar-refractivity contribution in [2.24, 2.45) is 5.92 Å². The lowest BCUT2D eigenvalue weighted by molar-refractivity contribution is -0.138. The molecular formula is C23H33N7O. The minimum Gasteiger partial charge on any atom is -0.369 e. The maximum atomic E-state index is 13.3. The van der Waals surface area contributed by atoms with Gasteiger partial charge in [-0.15, -0.1) is 0 Å². The Labute approximate surface area is 184 Å². The van der Waals surface area contributed by atoms with Crippen LogP contribution >= 0.6 is 0 Å². The number of hydrogen-bond acceptors (Lipinski definition) is 7. The largest absolute Gasteiger partial charge is 0.369 e. The van der Waals surface area contributed by atoms with Crippen molar-refractivity contribution in [2.75, 3.05) is 64.3 Å². The van der Waals surface area contributed by atoms with Gasteiger partial charge in [0.2, 0.25) is 5.91 Å². The number of carbonyl (C=O) groups excluding carboxylic acids is 1. The first-order chi connectivity index (χ1) is 15.2. The third-order valence-electron chi connectivity index (χ3n) is 7.28. The first-order valence-corrected chi connectivity index (χ1v) is 11.7. The molecule has 0 N–H and O–H groups in total. The first-order valence-electron chi connectivity index (χ1n) is 11.7. The topological polar surface area (TPSA) is 68.7 Å². The van der Waals surface area contributed by atoms with Gasteiger partial charge in [-0.3, -0.25) is 14.7 Å². The molecule has 2 aromatic heterocycles. The van der Waals surface area contributed by atoms with Crippen LogP contribution in [-0.2, 0) is 4.79 Å². The number of rotatable bonds is 3. The fourth-order valence-corrected chi connectivity index (χ4v) is 5.36. The molecule has 8 heteroatoms. The SMILES string of the molecule is CN1CCC(N2CCN(C(=O)C3CCCN(c4cnc5nccnc5c4)C3)CC2)CC1. The zero-order chi connectivity index (χ0) is 21.2. The molecule has 0 spiro atoms. The second kappa shape index (κ2) is 9.04. The van der Waals surface area contributed by atoms with Crippen LogP contribution in [0.5, 0.6) is 0 Å². The molecule has 3 aliphatic rings. The predicted octanol–water partition coefficient (Wildman–Crippen LogP) is 1.48. The van der Waals surface area contributed by atoms with E-state index in [4.69, 9.17) is 0 Å². The predicted molar refractivity (Wildman–Crippen MR) is 121 cm³/mol. The van der Waals surface area contributed by atoms with E-state index in [-0.39, 0.29) is 5.92 Å². The van der Waals surface area contributed by atoms with Crippen LogP contribution in [0.2, 0.25) is 0 Å². The van der Waals surface area contributed by atoms with Gasteiger partial charge < -0.3 is 14.7 Å². The quantitative estimate of drug-likeness (QED) is 0.741. The number of nitrogens with zero attached hydrogens (tertiary/aromatic N) is 7. The molecule has 3 aliphatic heterocycles. The van der Waals surface area contributed by atoms with Crippen molar-refractivity contribution in [3.63, 3.8) is 0 Å². The fraction of sp³-hybridized carbons (Fsp3) is 0.652. The van der Waals surface area contributed by atoms with Gasteiger partial charge in [-0.2, -0.15) is 0 Å². The molecule has 2 aromatic rings. The van der Waals surface area contributed by atoms with Crippen LogP contribution in [0.4, 0.5) is 5.69 Å². The molecule has 0 bridgehead atoms. The van der Waals surface area contributed by atoms with Crippen molar-refractivity contribution in [1.82, 2.24) is 29.7 Å². The van der Waals surface area contributed by atoms with Gasteiger partial charge in [0.25, 0.3) is 0 Å². The van der Waals surface area contributed by atoms with E-state index in [1.807, 2.05) is 12.3 Å². The molecular weight excluding hydrogens is 390 g/mol. The van der Waals surface area contributed by atoms with Gasteiger partial charge in [-0.25, -0.2) is 9.97 Å². The summed E-state index contributed by atoms with van der Waals surface area (Å²) in [5.41, 5.74) is 2.51. The molecule has 31 heavy (non-hydrogen) atoms. The van der Waals surface area contributed by atoms with E-state index in [0.717, 1.165) is 63.3 Å². The molecule has 0 radical (unpaired) electrons. The van der Waals surface area contributed by atoms with Crippen molar-refractivity contribution in [1.29, 1.82) is 0 Å². The minimum absolute atomic E-state index is 0.0705. The van der Waals surface area contributed by atoms with Crippen LogP contribution in [0.25, 0.3) is 11.2 Å².